The monoisotopic (exact) mass is 317 g/mol. The second kappa shape index (κ2) is 7.46. The normalized spacial score (nSPS) is 11.4. The van der Waals surface area contributed by atoms with Gasteiger partial charge in [-0.25, -0.2) is 0 Å². The molecule has 0 heterocycles. The summed E-state index contributed by atoms with van der Waals surface area (Å²) in [6, 6.07) is 6.18. The molecule has 0 bridgehead atoms. The molecule has 0 aliphatic rings. The van der Waals surface area contributed by atoms with Crippen molar-refractivity contribution in [2.24, 2.45) is 0 Å². The standard InChI is InChI=1S/C13H20NO2PS2/c1-5-15-17(19,16-6-2)14(10-18)13-8-11(3)7-12(4)9-13/h7-10H,5-6H2,1-4H3. The molecule has 0 aromatic heterocycles. The lowest BCUT2D eigenvalue weighted by Gasteiger charge is -2.31. The van der Waals surface area contributed by atoms with E-state index < -0.39 is 6.64 Å². The van der Waals surface area contributed by atoms with Crippen molar-refractivity contribution in [3.8, 4) is 0 Å². The van der Waals surface area contributed by atoms with Crippen LogP contribution >= 0.6 is 18.9 Å². The number of anilines is 1. The van der Waals surface area contributed by atoms with Gasteiger partial charge < -0.3 is 9.05 Å². The molecule has 0 saturated carbocycles. The predicted molar refractivity (Wildman–Crippen MR) is 89.6 cm³/mol. The second-order valence-corrected chi connectivity index (χ2v) is 7.58. The minimum atomic E-state index is -2.58. The van der Waals surface area contributed by atoms with Gasteiger partial charge in [-0.15, -0.1) is 0 Å². The van der Waals surface area contributed by atoms with Crippen molar-refractivity contribution in [1.29, 1.82) is 0 Å². The fourth-order valence-corrected chi connectivity index (χ4v) is 5.05. The van der Waals surface area contributed by atoms with Crippen LogP contribution in [0.4, 0.5) is 5.69 Å². The van der Waals surface area contributed by atoms with Crippen LogP contribution in [0.2, 0.25) is 0 Å². The molecule has 1 aromatic rings. The number of hydrogen-bond acceptors (Lipinski definition) is 4. The summed E-state index contributed by atoms with van der Waals surface area (Å²) >= 11 is 10.7. The highest BCUT2D eigenvalue weighted by Crippen LogP contribution is 2.53. The van der Waals surface area contributed by atoms with Gasteiger partial charge in [-0.05, 0) is 62.8 Å². The zero-order valence-corrected chi connectivity index (χ0v) is 14.3. The fraction of sp³-hybridized carbons (Fsp3) is 0.462. The van der Waals surface area contributed by atoms with Crippen LogP contribution in [0.5, 0.6) is 0 Å². The van der Waals surface area contributed by atoms with Crippen LogP contribution in [0, 0.1) is 13.8 Å². The maximum absolute atomic E-state index is 5.69. The van der Waals surface area contributed by atoms with Gasteiger partial charge in [0.1, 0.15) is 0 Å². The minimum Gasteiger partial charge on any atom is -0.314 e. The molecule has 0 aliphatic carbocycles. The molecular weight excluding hydrogens is 297 g/mol. The molecular formula is C13H20NO2PS2. The Morgan fingerprint density at radius 1 is 1.11 bits per heavy atom. The lowest BCUT2D eigenvalue weighted by Crippen LogP contribution is -2.20. The minimum absolute atomic E-state index is 0.502. The van der Waals surface area contributed by atoms with Crippen LogP contribution in [0.3, 0.4) is 0 Å². The Labute approximate surface area is 126 Å². The number of aryl methyl sites for hydroxylation is 2. The van der Waals surface area contributed by atoms with Gasteiger partial charge in [0.05, 0.1) is 24.4 Å². The third-order valence-corrected chi connectivity index (χ3v) is 5.99. The van der Waals surface area contributed by atoms with Gasteiger partial charge in [0.15, 0.2) is 0 Å². The fourth-order valence-electron chi connectivity index (χ4n) is 1.83. The Balaban J connectivity index is 3.23. The van der Waals surface area contributed by atoms with Crippen LogP contribution in [-0.2, 0) is 20.9 Å². The van der Waals surface area contributed by atoms with Crippen LogP contribution in [0.15, 0.2) is 18.2 Å². The van der Waals surface area contributed by atoms with E-state index in [0.29, 0.717) is 13.2 Å². The lowest BCUT2D eigenvalue weighted by atomic mass is 10.1. The Morgan fingerprint density at radius 2 is 1.58 bits per heavy atom. The molecule has 0 atom stereocenters. The molecule has 0 spiro atoms. The van der Waals surface area contributed by atoms with E-state index in [9.17, 15) is 0 Å². The van der Waals surface area contributed by atoms with Crippen LogP contribution in [-0.4, -0.2) is 18.7 Å². The first kappa shape index (κ1) is 16.7. The van der Waals surface area contributed by atoms with Crippen LogP contribution in [0.25, 0.3) is 0 Å². The highest BCUT2D eigenvalue weighted by Gasteiger charge is 2.27. The van der Waals surface area contributed by atoms with E-state index in [4.69, 9.17) is 33.1 Å². The van der Waals surface area contributed by atoms with E-state index >= 15 is 0 Å². The molecule has 0 saturated heterocycles. The Bertz CT molecular complexity index is 463. The second-order valence-electron chi connectivity index (χ2n) is 4.10. The quantitative estimate of drug-likeness (QED) is 0.548. The van der Waals surface area contributed by atoms with Gasteiger partial charge in [-0.2, -0.15) is 0 Å². The van der Waals surface area contributed by atoms with Gasteiger partial charge >= 0.3 is 0 Å². The zero-order chi connectivity index (χ0) is 14.5. The summed E-state index contributed by atoms with van der Waals surface area (Å²) in [6.45, 7) is 6.32. The summed E-state index contributed by atoms with van der Waals surface area (Å²) < 4.78 is 13.2. The summed E-state index contributed by atoms with van der Waals surface area (Å²) in [5.41, 5.74) is 4.77. The van der Waals surface area contributed by atoms with Crippen molar-refractivity contribution < 1.29 is 9.05 Å². The van der Waals surface area contributed by atoms with E-state index in [2.05, 4.69) is 6.07 Å². The van der Waals surface area contributed by atoms with Crippen molar-refractivity contribution in [3.63, 3.8) is 0 Å². The molecule has 1 aromatic carbocycles. The summed E-state index contributed by atoms with van der Waals surface area (Å²) in [5, 5.41) is 0. The van der Waals surface area contributed by atoms with E-state index in [-0.39, 0.29) is 0 Å². The Morgan fingerprint density at radius 3 is 1.95 bits per heavy atom. The third-order valence-electron chi connectivity index (χ3n) is 2.42. The lowest BCUT2D eigenvalue weighted by molar-refractivity contribution is 0.267. The molecule has 0 amide bonds. The van der Waals surface area contributed by atoms with E-state index in [0.717, 1.165) is 16.8 Å². The van der Waals surface area contributed by atoms with Gasteiger partial charge in [0.25, 0.3) is 6.64 Å². The maximum Gasteiger partial charge on any atom is 0.294 e. The van der Waals surface area contributed by atoms with Crippen LogP contribution in [0.1, 0.15) is 25.0 Å². The molecule has 3 nitrogen and oxygen atoms in total. The number of hydrogen-bond donors (Lipinski definition) is 0. The average Bonchev–Trinajstić information content (AvgIpc) is 2.28. The highest BCUT2D eigenvalue weighted by atomic mass is 32.5. The number of rotatable bonds is 7. The predicted octanol–water partition coefficient (Wildman–Crippen LogP) is 4.36. The number of nitrogens with zero attached hydrogens (tertiary/aromatic N) is 1. The third kappa shape index (κ3) is 4.33. The van der Waals surface area contributed by atoms with Crippen molar-refractivity contribution in [2.45, 2.75) is 27.7 Å². The van der Waals surface area contributed by atoms with Gasteiger partial charge in [0, 0.05) is 0 Å². The molecule has 6 heteroatoms. The molecule has 0 aliphatic heterocycles. The van der Waals surface area contributed by atoms with E-state index in [1.165, 1.54) is 5.49 Å². The summed E-state index contributed by atoms with van der Waals surface area (Å²) in [7, 11) is 0. The van der Waals surface area contributed by atoms with E-state index in [1.54, 1.807) is 4.67 Å². The smallest absolute Gasteiger partial charge is 0.294 e. The Kier molecular flexibility index (Phi) is 6.57. The molecule has 1 rings (SSSR count). The average molecular weight is 317 g/mol. The SMILES string of the molecule is CCOP(=S)(OCC)N(C=S)c1cc(C)cc(C)c1. The summed E-state index contributed by atoms with van der Waals surface area (Å²) in [4.78, 5) is 0. The first-order chi connectivity index (χ1) is 8.96. The van der Waals surface area contributed by atoms with Crippen molar-refractivity contribution in [2.75, 3.05) is 17.9 Å². The Hall–Kier alpha value is -0.320. The molecule has 0 radical (unpaired) electrons. The van der Waals surface area contributed by atoms with E-state index in [1.807, 2.05) is 39.8 Å². The zero-order valence-electron chi connectivity index (χ0n) is 11.8. The molecule has 0 unspecified atom stereocenters. The van der Waals surface area contributed by atoms with Crippen molar-refractivity contribution >= 4 is 41.8 Å². The van der Waals surface area contributed by atoms with Crippen LogP contribution < -0.4 is 4.67 Å². The molecule has 0 fully saturated rings. The first-order valence-corrected chi connectivity index (χ1v) is 9.25. The molecule has 19 heavy (non-hydrogen) atoms. The van der Waals surface area contributed by atoms with Gasteiger partial charge in [-0.1, -0.05) is 18.3 Å². The number of thiocarbonyl (C=S) groups is 1. The molecule has 106 valence electrons. The number of benzene rings is 1. The maximum atomic E-state index is 5.69. The largest absolute Gasteiger partial charge is 0.314 e. The topological polar surface area (TPSA) is 21.7 Å². The summed E-state index contributed by atoms with van der Waals surface area (Å²) in [6.07, 6.45) is 0. The van der Waals surface area contributed by atoms with Crippen molar-refractivity contribution in [1.82, 2.24) is 0 Å². The van der Waals surface area contributed by atoms with Gasteiger partial charge in [-0.3, -0.25) is 4.67 Å². The summed E-state index contributed by atoms with van der Waals surface area (Å²) in [5.74, 6) is 0. The van der Waals surface area contributed by atoms with Gasteiger partial charge in [0.2, 0.25) is 0 Å². The first-order valence-electron chi connectivity index (χ1n) is 6.19. The highest BCUT2D eigenvalue weighted by molar-refractivity contribution is 8.11. The molecule has 0 N–H and O–H groups in total. The van der Waals surface area contributed by atoms with Crippen molar-refractivity contribution in [3.05, 3.63) is 29.3 Å².